The van der Waals surface area contributed by atoms with Crippen LogP contribution in [0.3, 0.4) is 0 Å². The zero-order valence-corrected chi connectivity index (χ0v) is 21.0. The third-order valence-electron chi connectivity index (χ3n) is 4.56. The standard InChI is InChI=1S/C23H16Cl3N3O2S2/c1-12(31-19-9-7-14(25)11-16(19)26)21(30)29-23(32)28-17-8-6-13(24)10-15(17)22-27-18-4-2-3-5-20(18)33-22/h2-12H,1H3,(H2,28,29,30,32). The van der Waals surface area contributed by atoms with Gasteiger partial charge in [-0.25, -0.2) is 4.98 Å². The lowest BCUT2D eigenvalue weighted by atomic mass is 10.2. The van der Waals surface area contributed by atoms with Crippen LogP contribution in [0.1, 0.15) is 6.92 Å². The predicted octanol–water partition coefficient (Wildman–Crippen LogP) is 7.20. The lowest BCUT2D eigenvalue weighted by Gasteiger charge is -2.17. The van der Waals surface area contributed by atoms with Crippen molar-refractivity contribution in [2.45, 2.75) is 13.0 Å². The summed E-state index contributed by atoms with van der Waals surface area (Å²) in [6.07, 6.45) is -0.850. The van der Waals surface area contributed by atoms with Crippen LogP contribution in [0.25, 0.3) is 20.8 Å². The molecule has 0 spiro atoms. The van der Waals surface area contributed by atoms with Crippen LogP contribution in [0.2, 0.25) is 15.1 Å². The molecule has 0 aliphatic carbocycles. The summed E-state index contributed by atoms with van der Waals surface area (Å²) >= 11 is 25.1. The van der Waals surface area contributed by atoms with Gasteiger partial charge in [-0.05, 0) is 67.7 Å². The SMILES string of the molecule is CC(Oc1ccc(Cl)cc1Cl)C(=O)NC(=S)Nc1ccc(Cl)cc1-c1nc2ccccc2s1. The van der Waals surface area contributed by atoms with Gasteiger partial charge in [0.2, 0.25) is 0 Å². The topological polar surface area (TPSA) is 63.2 Å². The number of para-hydroxylation sites is 1. The number of nitrogens with one attached hydrogen (secondary N) is 2. The van der Waals surface area contributed by atoms with E-state index in [1.165, 1.54) is 0 Å². The van der Waals surface area contributed by atoms with Crippen molar-refractivity contribution in [2.24, 2.45) is 0 Å². The van der Waals surface area contributed by atoms with Crippen LogP contribution in [0, 0.1) is 0 Å². The second kappa shape index (κ2) is 10.2. The van der Waals surface area contributed by atoms with Crippen LogP contribution in [-0.2, 0) is 4.79 Å². The summed E-state index contributed by atoms with van der Waals surface area (Å²) in [5.41, 5.74) is 2.33. The number of ether oxygens (including phenoxy) is 1. The molecule has 1 aromatic heterocycles. The van der Waals surface area contributed by atoms with Crippen molar-refractivity contribution < 1.29 is 9.53 Å². The predicted molar refractivity (Wildman–Crippen MR) is 141 cm³/mol. The largest absolute Gasteiger partial charge is 0.479 e. The van der Waals surface area contributed by atoms with E-state index < -0.39 is 12.0 Å². The maximum absolute atomic E-state index is 12.6. The van der Waals surface area contributed by atoms with Crippen molar-refractivity contribution >= 4 is 85.3 Å². The molecule has 168 valence electrons. The van der Waals surface area contributed by atoms with E-state index in [1.54, 1.807) is 54.7 Å². The quantitative estimate of drug-likeness (QED) is 0.264. The van der Waals surface area contributed by atoms with Crippen molar-refractivity contribution in [3.63, 3.8) is 0 Å². The Morgan fingerprint density at radius 2 is 1.79 bits per heavy atom. The summed E-state index contributed by atoms with van der Waals surface area (Å²) < 4.78 is 6.70. The number of amides is 1. The van der Waals surface area contributed by atoms with E-state index in [0.29, 0.717) is 26.5 Å². The van der Waals surface area contributed by atoms with Gasteiger partial charge in [-0.3, -0.25) is 10.1 Å². The molecule has 0 aliphatic heterocycles. The normalized spacial score (nSPS) is 11.8. The van der Waals surface area contributed by atoms with Crippen LogP contribution < -0.4 is 15.4 Å². The molecule has 0 bridgehead atoms. The summed E-state index contributed by atoms with van der Waals surface area (Å²) in [5, 5.41) is 7.93. The highest BCUT2D eigenvalue weighted by Crippen LogP contribution is 2.36. The molecular weight excluding hydrogens is 521 g/mol. The Hall–Kier alpha value is -2.42. The first kappa shape index (κ1) is 23.7. The lowest BCUT2D eigenvalue weighted by Crippen LogP contribution is -2.42. The number of carbonyl (C=O) groups is 1. The first-order chi connectivity index (χ1) is 15.8. The molecule has 1 heterocycles. The number of halogens is 3. The number of benzene rings is 3. The number of thiazole rings is 1. The monoisotopic (exact) mass is 535 g/mol. The van der Waals surface area contributed by atoms with Gasteiger partial charge in [0.05, 0.1) is 20.9 Å². The molecule has 1 atom stereocenters. The Kier molecular flexibility index (Phi) is 7.36. The Morgan fingerprint density at radius 3 is 2.55 bits per heavy atom. The Morgan fingerprint density at radius 1 is 1.06 bits per heavy atom. The maximum atomic E-state index is 12.6. The molecule has 0 radical (unpaired) electrons. The van der Waals surface area contributed by atoms with Crippen LogP contribution in [-0.4, -0.2) is 22.1 Å². The number of fused-ring (bicyclic) bond motifs is 1. The fourth-order valence-electron chi connectivity index (χ4n) is 2.97. The lowest BCUT2D eigenvalue weighted by molar-refractivity contribution is -0.125. The second-order valence-electron chi connectivity index (χ2n) is 6.95. The van der Waals surface area contributed by atoms with Gasteiger partial charge in [0.25, 0.3) is 5.91 Å². The van der Waals surface area contributed by atoms with E-state index >= 15 is 0 Å². The number of aromatic nitrogens is 1. The Balaban J connectivity index is 1.47. The van der Waals surface area contributed by atoms with Crippen molar-refractivity contribution in [1.82, 2.24) is 10.3 Å². The van der Waals surface area contributed by atoms with E-state index in [2.05, 4.69) is 15.6 Å². The molecule has 4 rings (SSSR count). The minimum absolute atomic E-state index is 0.113. The molecule has 0 saturated carbocycles. The van der Waals surface area contributed by atoms with E-state index in [-0.39, 0.29) is 5.11 Å². The van der Waals surface area contributed by atoms with Crippen molar-refractivity contribution in [1.29, 1.82) is 0 Å². The van der Waals surface area contributed by atoms with Gasteiger partial charge in [-0.15, -0.1) is 11.3 Å². The van der Waals surface area contributed by atoms with Gasteiger partial charge < -0.3 is 10.1 Å². The molecule has 1 unspecified atom stereocenters. The molecule has 5 nitrogen and oxygen atoms in total. The van der Waals surface area contributed by atoms with Gasteiger partial charge in [0.15, 0.2) is 11.2 Å². The molecule has 4 aromatic rings. The molecule has 3 aromatic carbocycles. The first-order valence-electron chi connectivity index (χ1n) is 9.69. The first-order valence-corrected chi connectivity index (χ1v) is 12.0. The van der Waals surface area contributed by atoms with Gasteiger partial charge in [-0.1, -0.05) is 46.9 Å². The van der Waals surface area contributed by atoms with Crippen molar-refractivity contribution in [2.75, 3.05) is 5.32 Å². The van der Waals surface area contributed by atoms with E-state index in [4.69, 9.17) is 51.8 Å². The van der Waals surface area contributed by atoms with Gasteiger partial charge in [-0.2, -0.15) is 0 Å². The molecular formula is C23H16Cl3N3O2S2. The number of hydrogen-bond acceptors (Lipinski definition) is 5. The van der Waals surface area contributed by atoms with Crippen LogP contribution in [0.15, 0.2) is 60.7 Å². The minimum Gasteiger partial charge on any atom is -0.479 e. The van der Waals surface area contributed by atoms with Crippen LogP contribution in [0.5, 0.6) is 5.75 Å². The van der Waals surface area contributed by atoms with Gasteiger partial charge in [0, 0.05) is 15.6 Å². The highest BCUT2D eigenvalue weighted by atomic mass is 35.5. The van der Waals surface area contributed by atoms with Crippen molar-refractivity contribution in [3.8, 4) is 16.3 Å². The summed E-state index contributed by atoms with van der Waals surface area (Å²) in [7, 11) is 0. The third kappa shape index (κ3) is 5.75. The highest BCUT2D eigenvalue weighted by molar-refractivity contribution is 7.80. The van der Waals surface area contributed by atoms with Crippen LogP contribution >= 0.6 is 58.4 Å². The summed E-state index contributed by atoms with van der Waals surface area (Å²) in [6.45, 7) is 1.59. The molecule has 0 fully saturated rings. The maximum Gasteiger partial charge on any atom is 0.266 e. The van der Waals surface area contributed by atoms with Crippen molar-refractivity contribution in [3.05, 3.63) is 75.7 Å². The molecule has 0 saturated heterocycles. The number of anilines is 1. The smallest absolute Gasteiger partial charge is 0.266 e. The summed E-state index contributed by atoms with van der Waals surface area (Å²) in [6, 6.07) is 18.0. The fourth-order valence-corrected chi connectivity index (χ4v) is 4.80. The molecule has 0 aliphatic rings. The summed E-state index contributed by atoms with van der Waals surface area (Å²) in [5.74, 6) is -0.0903. The Labute approximate surface area is 214 Å². The molecule has 33 heavy (non-hydrogen) atoms. The average molecular weight is 537 g/mol. The van der Waals surface area contributed by atoms with E-state index in [9.17, 15) is 4.79 Å². The highest BCUT2D eigenvalue weighted by Gasteiger charge is 2.19. The van der Waals surface area contributed by atoms with Gasteiger partial charge >= 0.3 is 0 Å². The molecule has 1 amide bonds. The van der Waals surface area contributed by atoms with Gasteiger partial charge in [0.1, 0.15) is 10.8 Å². The number of nitrogens with zero attached hydrogens (tertiary/aromatic N) is 1. The number of rotatable bonds is 5. The minimum atomic E-state index is -0.850. The van der Waals surface area contributed by atoms with E-state index in [1.807, 2.05) is 24.3 Å². The molecule has 10 heteroatoms. The van der Waals surface area contributed by atoms with Crippen LogP contribution in [0.4, 0.5) is 5.69 Å². The Bertz CT molecular complexity index is 1330. The zero-order valence-electron chi connectivity index (χ0n) is 17.1. The third-order valence-corrected chi connectivity index (χ3v) is 6.60. The zero-order chi connectivity index (χ0) is 23.5. The number of thiocarbonyl (C=S) groups is 1. The van der Waals surface area contributed by atoms with E-state index in [0.717, 1.165) is 20.8 Å². The molecule has 2 N–H and O–H groups in total. The second-order valence-corrected chi connectivity index (χ2v) is 9.67. The summed E-state index contributed by atoms with van der Waals surface area (Å²) in [4.78, 5) is 17.3. The average Bonchev–Trinajstić information content (AvgIpc) is 3.21. The fraction of sp³-hybridized carbons (Fsp3) is 0.0870. The number of carbonyl (C=O) groups excluding carboxylic acids is 1. The number of hydrogen-bond donors (Lipinski definition) is 2.